The Labute approximate surface area is 138 Å². The summed E-state index contributed by atoms with van der Waals surface area (Å²) >= 11 is 11.7. The van der Waals surface area contributed by atoms with E-state index in [9.17, 15) is 9.18 Å². The molecular formula is C16H15Cl2FN2O. The molecular weight excluding hydrogens is 326 g/mol. The molecule has 0 fully saturated rings. The number of benzene rings is 2. The van der Waals surface area contributed by atoms with Crippen molar-refractivity contribution in [1.82, 2.24) is 5.32 Å². The van der Waals surface area contributed by atoms with Gasteiger partial charge in [0.2, 0.25) is 5.91 Å². The largest absolute Gasteiger partial charge is 0.376 e. The minimum Gasteiger partial charge on any atom is -0.376 e. The fourth-order valence-electron chi connectivity index (χ4n) is 1.85. The summed E-state index contributed by atoms with van der Waals surface area (Å²) < 4.78 is 12.8. The Bertz CT molecular complexity index is 647. The van der Waals surface area contributed by atoms with Gasteiger partial charge in [0.1, 0.15) is 5.82 Å². The second-order valence-corrected chi connectivity index (χ2v) is 5.52. The average Bonchev–Trinajstić information content (AvgIpc) is 2.50. The van der Waals surface area contributed by atoms with E-state index in [2.05, 4.69) is 10.6 Å². The smallest absolute Gasteiger partial charge is 0.239 e. The van der Waals surface area contributed by atoms with Crippen LogP contribution in [0.2, 0.25) is 10.0 Å². The third-order valence-corrected chi connectivity index (χ3v) is 3.76. The SMILES string of the molecule is O=C(CNc1ccc(Cl)c(Cl)c1)NCCc1ccc(F)cc1. The molecule has 0 aromatic heterocycles. The first kappa shape index (κ1) is 16.6. The summed E-state index contributed by atoms with van der Waals surface area (Å²) in [6, 6.07) is 11.3. The van der Waals surface area contributed by atoms with E-state index in [-0.39, 0.29) is 18.3 Å². The number of carbonyl (C=O) groups is 1. The maximum atomic E-state index is 12.8. The summed E-state index contributed by atoms with van der Waals surface area (Å²) in [5.74, 6) is -0.396. The number of halogens is 3. The second kappa shape index (κ2) is 8.01. The van der Waals surface area contributed by atoms with Gasteiger partial charge >= 0.3 is 0 Å². The van der Waals surface area contributed by atoms with Gasteiger partial charge in [-0.25, -0.2) is 4.39 Å². The Hall–Kier alpha value is -1.78. The highest BCUT2D eigenvalue weighted by Crippen LogP contribution is 2.24. The van der Waals surface area contributed by atoms with Crippen molar-refractivity contribution in [3.05, 3.63) is 63.9 Å². The summed E-state index contributed by atoms with van der Waals surface area (Å²) in [5, 5.41) is 6.65. The van der Waals surface area contributed by atoms with Crippen molar-refractivity contribution in [2.75, 3.05) is 18.4 Å². The first-order chi connectivity index (χ1) is 10.5. The molecule has 116 valence electrons. The van der Waals surface area contributed by atoms with Gasteiger partial charge in [0.25, 0.3) is 0 Å². The van der Waals surface area contributed by atoms with Crippen molar-refractivity contribution in [3.8, 4) is 0 Å². The van der Waals surface area contributed by atoms with E-state index in [1.807, 2.05) is 0 Å². The third-order valence-electron chi connectivity index (χ3n) is 3.02. The summed E-state index contributed by atoms with van der Waals surface area (Å²) in [4.78, 5) is 11.7. The predicted octanol–water partition coefficient (Wildman–Crippen LogP) is 3.90. The molecule has 0 heterocycles. The van der Waals surface area contributed by atoms with Crippen LogP contribution in [-0.2, 0) is 11.2 Å². The molecule has 2 rings (SSSR count). The normalized spacial score (nSPS) is 10.3. The van der Waals surface area contributed by atoms with E-state index < -0.39 is 0 Å². The lowest BCUT2D eigenvalue weighted by Crippen LogP contribution is -2.31. The number of carbonyl (C=O) groups excluding carboxylic acids is 1. The quantitative estimate of drug-likeness (QED) is 0.837. The third kappa shape index (κ3) is 5.20. The minimum absolute atomic E-state index is 0.131. The molecule has 2 aromatic rings. The van der Waals surface area contributed by atoms with E-state index in [0.29, 0.717) is 23.0 Å². The minimum atomic E-state index is -0.265. The first-order valence-corrected chi connectivity index (χ1v) is 7.50. The molecule has 0 aliphatic rings. The maximum Gasteiger partial charge on any atom is 0.239 e. The van der Waals surface area contributed by atoms with Crippen molar-refractivity contribution in [1.29, 1.82) is 0 Å². The van der Waals surface area contributed by atoms with Crippen LogP contribution >= 0.6 is 23.2 Å². The molecule has 2 N–H and O–H groups in total. The molecule has 2 aromatic carbocycles. The number of rotatable bonds is 6. The molecule has 0 aliphatic carbocycles. The molecule has 6 heteroatoms. The summed E-state index contributed by atoms with van der Waals surface area (Å²) in [6.45, 7) is 0.634. The molecule has 0 bridgehead atoms. The number of amides is 1. The van der Waals surface area contributed by atoms with Gasteiger partial charge in [-0.1, -0.05) is 35.3 Å². The Morgan fingerprint density at radius 2 is 1.77 bits per heavy atom. The zero-order chi connectivity index (χ0) is 15.9. The summed E-state index contributed by atoms with van der Waals surface area (Å²) in [6.07, 6.45) is 0.652. The second-order valence-electron chi connectivity index (χ2n) is 4.71. The van der Waals surface area contributed by atoms with Crippen LogP contribution in [0.5, 0.6) is 0 Å². The molecule has 0 unspecified atom stereocenters. The molecule has 3 nitrogen and oxygen atoms in total. The van der Waals surface area contributed by atoms with Gasteiger partial charge < -0.3 is 10.6 Å². The molecule has 0 saturated heterocycles. The highest BCUT2D eigenvalue weighted by molar-refractivity contribution is 6.42. The van der Waals surface area contributed by atoms with Crippen LogP contribution in [0.15, 0.2) is 42.5 Å². The standard InChI is InChI=1S/C16H15Cl2FN2O/c17-14-6-5-13(9-15(14)18)21-10-16(22)20-8-7-11-1-3-12(19)4-2-11/h1-6,9,21H,7-8,10H2,(H,20,22). The lowest BCUT2D eigenvalue weighted by molar-refractivity contribution is -0.119. The van der Waals surface area contributed by atoms with Gasteiger partial charge in [0.05, 0.1) is 16.6 Å². The van der Waals surface area contributed by atoms with E-state index >= 15 is 0 Å². The van der Waals surface area contributed by atoms with Crippen LogP contribution < -0.4 is 10.6 Å². The Morgan fingerprint density at radius 3 is 2.45 bits per heavy atom. The van der Waals surface area contributed by atoms with Crippen LogP contribution in [0.1, 0.15) is 5.56 Å². The Kier molecular flexibility index (Phi) is 6.04. The first-order valence-electron chi connectivity index (χ1n) is 6.74. The molecule has 0 spiro atoms. The fraction of sp³-hybridized carbons (Fsp3) is 0.188. The topological polar surface area (TPSA) is 41.1 Å². The number of hydrogen-bond donors (Lipinski definition) is 2. The number of nitrogens with one attached hydrogen (secondary N) is 2. The van der Waals surface area contributed by atoms with Crippen molar-refractivity contribution in [2.45, 2.75) is 6.42 Å². The number of hydrogen-bond acceptors (Lipinski definition) is 2. The molecule has 0 atom stereocenters. The van der Waals surface area contributed by atoms with E-state index in [1.165, 1.54) is 12.1 Å². The lowest BCUT2D eigenvalue weighted by atomic mass is 10.1. The zero-order valence-electron chi connectivity index (χ0n) is 11.7. The Morgan fingerprint density at radius 1 is 1.05 bits per heavy atom. The van der Waals surface area contributed by atoms with Crippen molar-refractivity contribution >= 4 is 34.8 Å². The van der Waals surface area contributed by atoms with E-state index in [1.54, 1.807) is 30.3 Å². The molecule has 0 aliphatic heterocycles. The van der Waals surface area contributed by atoms with E-state index in [0.717, 1.165) is 11.3 Å². The van der Waals surface area contributed by atoms with Crippen molar-refractivity contribution in [3.63, 3.8) is 0 Å². The van der Waals surface area contributed by atoms with Gasteiger partial charge in [-0.2, -0.15) is 0 Å². The fourth-order valence-corrected chi connectivity index (χ4v) is 2.15. The monoisotopic (exact) mass is 340 g/mol. The summed E-state index contributed by atoms with van der Waals surface area (Å²) in [5.41, 5.74) is 1.70. The van der Waals surface area contributed by atoms with E-state index in [4.69, 9.17) is 23.2 Å². The van der Waals surface area contributed by atoms with Crippen LogP contribution in [-0.4, -0.2) is 19.0 Å². The van der Waals surface area contributed by atoms with Gasteiger partial charge in [0.15, 0.2) is 0 Å². The van der Waals surface area contributed by atoms with Crippen molar-refractivity contribution in [2.24, 2.45) is 0 Å². The summed E-state index contributed by atoms with van der Waals surface area (Å²) in [7, 11) is 0. The molecule has 1 amide bonds. The average molecular weight is 341 g/mol. The number of anilines is 1. The lowest BCUT2D eigenvalue weighted by Gasteiger charge is -2.08. The van der Waals surface area contributed by atoms with Crippen LogP contribution in [0.4, 0.5) is 10.1 Å². The van der Waals surface area contributed by atoms with Gasteiger partial charge in [-0.05, 0) is 42.3 Å². The molecule has 0 saturated carbocycles. The Balaban J connectivity index is 1.71. The van der Waals surface area contributed by atoms with Crippen LogP contribution in [0.25, 0.3) is 0 Å². The predicted molar refractivity (Wildman–Crippen MR) is 88.1 cm³/mol. The van der Waals surface area contributed by atoms with Crippen molar-refractivity contribution < 1.29 is 9.18 Å². The van der Waals surface area contributed by atoms with Gasteiger partial charge in [-0.15, -0.1) is 0 Å². The molecule has 0 radical (unpaired) electrons. The maximum absolute atomic E-state index is 12.8. The highest BCUT2D eigenvalue weighted by atomic mass is 35.5. The van der Waals surface area contributed by atoms with Crippen LogP contribution in [0.3, 0.4) is 0 Å². The van der Waals surface area contributed by atoms with Crippen LogP contribution in [0, 0.1) is 5.82 Å². The van der Waals surface area contributed by atoms with Gasteiger partial charge in [-0.3, -0.25) is 4.79 Å². The molecule has 22 heavy (non-hydrogen) atoms. The highest BCUT2D eigenvalue weighted by Gasteiger charge is 2.03. The zero-order valence-corrected chi connectivity index (χ0v) is 13.2. The van der Waals surface area contributed by atoms with Gasteiger partial charge in [0, 0.05) is 12.2 Å².